The van der Waals surface area contributed by atoms with Crippen molar-refractivity contribution < 1.29 is 14.3 Å². The number of nitrogens with two attached hydrogens (primary N) is 1. The molecule has 1 aromatic carbocycles. The number of aromatic nitrogens is 2. The van der Waals surface area contributed by atoms with Crippen LogP contribution in [0.1, 0.15) is 23.9 Å². The van der Waals surface area contributed by atoms with E-state index in [9.17, 15) is 4.79 Å². The van der Waals surface area contributed by atoms with Crippen molar-refractivity contribution in [3.8, 4) is 11.5 Å². The van der Waals surface area contributed by atoms with Gasteiger partial charge in [-0.15, -0.1) is 0 Å². The number of nitrogens with one attached hydrogen (secondary N) is 1. The second-order valence-corrected chi connectivity index (χ2v) is 5.08. The lowest BCUT2D eigenvalue weighted by molar-refractivity contribution is -0.121. The van der Waals surface area contributed by atoms with Crippen LogP contribution in [0.4, 0.5) is 0 Å². The van der Waals surface area contributed by atoms with E-state index < -0.39 is 6.04 Å². The van der Waals surface area contributed by atoms with Crippen LogP contribution in [0.3, 0.4) is 0 Å². The molecular weight excluding hydrogens is 296 g/mol. The van der Waals surface area contributed by atoms with Crippen LogP contribution in [0.2, 0.25) is 0 Å². The van der Waals surface area contributed by atoms with E-state index in [4.69, 9.17) is 15.2 Å². The first-order chi connectivity index (χ1) is 11.1. The van der Waals surface area contributed by atoms with Gasteiger partial charge in [0.05, 0.1) is 14.2 Å². The number of benzene rings is 1. The topological polar surface area (TPSA) is 91.4 Å². The first kappa shape index (κ1) is 16.8. The number of carbonyl (C=O) groups excluding carboxylic acids is 1. The van der Waals surface area contributed by atoms with Gasteiger partial charge in [-0.3, -0.25) is 4.79 Å². The molecule has 1 unspecified atom stereocenters. The van der Waals surface area contributed by atoms with Gasteiger partial charge in [0.1, 0.15) is 23.4 Å². The van der Waals surface area contributed by atoms with Gasteiger partial charge in [0.2, 0.25) is 5.91 Å². The third kappa shape index (κ3) is 4.01. The summed E-state index contributed by atoms with van der Waals surface area (Å²) in [7, 11) is 5.05. The molecule has 0 bridgehead atoms. The zero-order valence-corrected chi connectivity index (χ0v) is 13.6. The van der Waals surface area contributed by atoms with Gasteiger partial charge < -0.3 is 25.1 Å². The zero-order chi connectivity index (χ0) is 16.8. The zero-order valence-electron chi connectivity index (χ0n) is 13.6. The average molecular weight is 318 g/mol. The minimum Gasteiger partial charge on any atom is -0.497 e. The number of hydrogen-bond acceptors (Lipinski definition) is 5. The maximum absolute atomic E-state index is 12.1. The molecule has 23 heavy (non-hydrogen) atoms. The predicted molar refractivity (Wildman–Crippen MR) is 86.4 cm³/mol. The minimum absolute atomic E-state index is 0.137. The van der Waals surface area contributed by atoms with Crippen molar-refractivity contribution in [2.75, 3.05) is 20.8 Å². The Morgan fingerprint density at radius 3 is 2.43 bits per heavy atom. The van der Waals surface area contributed by atoms with Crippen molar-refractivity contribution >= 4 is 5.91 Å². The first-order valence-corrected chi connectivity index (χ1v) is 7.28. The van der Waals surface area contributed by atoms with Gasteiger partial charge in [0, 0.05) is 38.5 Å². The smallest absolute Gasteiger partial charge is 0.222 e. The summed E-state index contributed by atoms with van der Waals surface area (Å²) in [5, 5.41) is 2.97. The fourth-order valence-electron chi connectivity index (χ4n) is 2.31. The van der Waals surface area contributed by atoms with Crippen LogP contribution in [-0.4, -0.2) is 36.2 Å². The van der Waals surface area contributed by atoms with Crippen molar-refractivity contribution in [2.24, 2.45) is 12.8 Å². The van der Waals surface area contributed by atoms with E-state index in [-0.39, 0.29) is 12.3 Å². The van der Waals surface area contributed by atoms with Crippen molar-refractivity contribution in [1.82, 2.24) is 14.9 Å². The number of carbonyl (C=O) groups is 1. The maximum Gasteiger partial charge on any atom is 0.222 e. The number of hydrogen-bond donors (Lipinski definition) is 2. The Balaban J connectivity index is 2.44. The molecule has 3 N–H and O–H groups in total. The van der Waals surface area contributed by atoms with E-state index in [0.717, 1.165) is 5.56 Å². The Morgan fingerprint density at radius 1 is 1.30 bits per heavy atom. The normalized spacial score (nSPS) is 11.8. The highest BCUT2D eigenvalue weighted by Gasteiger charge is 2.22. The molecule has 0 spiro atoms. The number of imidazole rings is 1. The Kier molecular flexibility index (Phi) is 5.59. The van der Waals surface area contributed by atoms with E-state index in [0.29, 0.717) is 23.9 Å². The number of ether oxygens (including phenoxy) is 2. The summed E-state index contributed by atoms with van der Waals surface area (Å²) in [5.74, 6) is 1.87. The third-order valence-electron chi connectivity index (χ3n) is 3.50. The predicted octanol–water partition coefficient (Wildman–Crippen LogP) is 0.992. The molecule has 7 nitrogen and oxygen atoms in total. The Morgan fingerprint density at radius 2 is 1.96 bits per heavy atom. The minimum atomic E-state index is -0.418. The number of methoxy groups -OCH3 is 2. The Hall–Kier alpha value is -2.54. The molecule has 2 rings (SSSR count). The van der Waals surface area contributed by atoms with Crippen LogP contribution in [0.25, 0.3) is 0 Å². The van der Waals surface area contributed by atoms with E-state index in [2.05, 4.69) is 10.3 Å². The lowest BCUT2D eigenvalue weighted by Gasteiger charge is -2.20. The maximum atomic E-state index is 12.1. The van der Waals surface area contributed by atoms with Crippen molar-refractivity contribution in [3.05, 3.63) is 42.0 Å². The van der Waals surface area contributed by atoms with Gasteiger partial charge in [0.25, 0.3) is 0 Å². The van der Waals surface area contributed by atoms with Gasteiger partial charge in [-0.2, -0.15) is 0 Å². The summed E-state index contributed by atoms with van der Waals surface area (Å²) >= 11 is 0. The van der Waals surface area contributed by atoms with Crippen LogP contribution >= 0.6 is 0 Å². The summed E-state index contributed by atoms with van der Waals surface area (Å²) in [6, 6.07) is 5.06. The molecule has 7 heteroatoms. The lowest BCUT2D eigenvalue weighted by Crippen LogP contribution is -2.32. The number of rotatable bonds is 7. The highest BCUT2D eigenvalue weighted by Crippen LogP contribution is 2.29. The quantitative estimate of drug-likeness (QED) is 0.794. The van der Waals surface area contributed by atoms with Gasteiger partial charge in [0.15, 0.2) is 0 Å². The number of aryl methyl sites for hydroxylation is 1. The molecular formula is C16H22N4O3. The number of nitrogens with zero attached hydrogens (tertiary/aromatic N) is 2. The van der Waals surface area contributed by atoms with Crippen LogP contribution in [0.15, 0.2) is 30.6 Å². The van der Waals surface area contributed by atoms with Gasteiger partial charge in [-0.1, -0.05) is 0 Å². The molecule has 1 atom stereocenters. The summed E-state index contributed by atoms with van der Waals surface area (Å²) in [6.45, 7) is 0.292. The summed E-state index contributed by atoms with van der Waals surface area (Å²) in [6.07, 6.45) is 3.77. The molecule has 0 aliphatic rings. The molecule has 0 saturated carbocycles. The number of amides is 1. The second kappa shape index (κ2) is 7.64. The van der Waals surface area contributed by atoms with Crippen molar-refractivity contribution in [3.63, 3.8) is 0 Å². The van der Waals surface area contributed by atoms with Crippen LogP contribution < -0.4 is 20.5 Å². The fraction of sp³-hybridized carbons (Fsp3) is 0.375. The molecule has 1 amide bonds. The molecule has 0 aliphatic carbocycles. The Bertz CT molecular complexity index is 647. The largest absolute Gasteiger partial charge is 0.497 e. The SMILES string of the molecule is COc1cc(OC)cc(C(NC(=O)CCN)c2nccn2C)c1. The first-order valence-electron chi connectivity index (χ1n) is 7.28. The monoisotopic (exact) mass is 318 g/mol. The van der Waals surface area contributed by atoms with E-state index in [1.54, 1.807) is 26.5 Å². The summed E-state index contributed by atoms with van der Waals surface area (Å²) < 4.78 is 12.5. The highest BCUT2D eigenvalue weighted by molar-refractivity contribution is 5.77. The fourth-order valence-corrected chi connectivity index (χ4v) is 2.31. The van der Waals surface area contributed by atoms with Crippen LogP contribution in [0.5, 0.6) is 11.5 Å². The Labute approximate surface area is 135 Å². The molecule has 2 aromatic rings. The van der Waals surface area contributed by atoms with E-state index in [1.165, 1.54) is 0 Å². The summed E-state index contributed by atoms with van der Waals surface area (Å²) in [4.78, 5) is 16.4. The molecule has 1 aromatic heterocycles. The van der Waals surface area contributed by atoms with E-state index in [1.807, 2.05) is 29.9 Å². The molecule has 0 fully saturated rings. The molecule has 0 saturated heterocycles. The lowest BCUT2D eigenvalue weighted by atomic mass is 10.0. The van der Waals surface area contributed by atoms with Crippen LogP contribution in [0, 0.1) is 0 Å². The second-order valence-electron chi connectivity index (χ2n) is 5.08. The third-order valence-corrected chi connectivity index (χ3v) is 3.50. The van der Waals surface area contributed by atoms with E-state index >= 15 is 0 Å². The average Bonchev–Trinajstić information content (AvgIpc) is 2.98. The van der Waals surface area contributed by atoms with Gasteiger partial charge in [-0.25, -0.2) is 4.98 Å². The molecule has 0 aliphatic heterocycles. The van der Waals surface area contributed by atoms with Crippen molar-refractivity contribution in [2.45, 2.75) is 12.5 Å². The molecule has 1 heterocycles. The van der Waals surface area contributed by atoms with Crippen molar-refractivity contribution in [1.29, 1.82) is 0 Å². The highest BCUT2D eigenvalue weighted by atomic mass is 16.5. The van der Waals surface area contributed by atoms with Gasteiger partial charge in [-0.05, 0) is 17.7 Å². The van der Waals surface area contributed by atoms with Gasteiger partial charge >= 0.3 is 0 Å². The standard InChI is InChI=1S/C16H22N4O3/c1-20-7-6-18-16(20)15(19-14(21)4-5-17)11-8-12(22-2)10-13(9-11)23-3/h6-10,15H,4-5,17H2,1-3H3,(H,19,21). The summed E-state index contributed by atoms with van der Waals surface area (Å²) in [5.41, 5.74) is 6.28. The molecule has 0 radical (unpaired) electrons. The molecule has 124 valence electrons. The van der Waals surface area contributed by atoms with Crippen LogP contribution in [-0.2, 0) is 11.8 Å².